The van der Waals surface area contributed by atoms with Crippen molar-refractivity contribution in [2.45, 2.75) is 18.0 Å². The first-order valence-electron chi connectivity index (χ1n) is 5.95. The second kappa shape index (κ2) is 6.50. The van der Waals surface area contributed by atoms with E-state index in [0.29, 0.717) is 10.6 Å². The minimum absolute atomic E-state index is 0.0268. The van der Waals surface area contributed by atoms with Crippen LogP contribution in [0.1, 0.15) is 11.3 Å². The summed E-state index contributed by atoms with van der Waals surface area (Å²) in [5.74, 6) is 0.173. The minimum Gasteiger partial charge on any atom is -0.450 e. The monoisotopic (exact) mass is 393 g/mol. The van der Waals surface area contributed by atoms with E-state index < -0.39 is 10.0 Å². The van der Waals surface area contributed by atoms with Crippen molar-refractivity contribution < 1.29 is 17.9 Å². The highest BCUT2D eigenvalue weighted by Gasteiger charge is 2.27. The van der Waals surface area contributed by atoms with Crippen LogP contribution in [0.15, 0.2) is 44.3 Å². The molecule has 0 atom stereocenters. The Morgan fingerprint density at radius 3 is 2.62 bits per heavy atom. The van der Waals surface area contributed by atoms with Gasteiger partial charge in [0.1, 0.15) is 17.3 Å². The van der Waals surface area contributed by atoms with Gasteiger partial charge < -0.3 is 9.52 Å². The highest BCUT2D eigenvalue weighted by atomic mass is 79.9. The number of halogens is 2. The van der Waals surface area contributed by atoms with E-state index in [1.54, 1.807) is 24.3 Å². The molecule has 21 heavy (non-hydrogen) atoms. The molecular weight excluding hydrogens is 382 g/mol. The van der Waals surface area contributed by atoms with Gasteiger partial charge in [0, 0.05) is 24.7 Å². The van der Waals surface area contributed by atoms with E-state index in [-0.39, 0.29) is 28.5 Å². The van der Waals surface area contributed by atoms with Crippen molar-refractivity contribution in [3.8, 4) is 0 Å². The largest absolute Gasteiger partial charge is 0.450 e. The lowest BCUT2D eigenvalue weighted by atomic mass is 10.2. The number of aliphatic hydroxyl groups excluding tert-OH is 1. The van der Waals surface area contributed by atoms with Gasteiger partial charge in [0.15, 0.2) is 4.67 Å². The summed E-state index contributed by atoms with van der Waals surface area (Å²) in [5.41, 5.74) is 0.701. The highest BCUT2D eigenvalue weighted by molar-refractivity contribution is 9.10. The van der Waals surface area contributed by atoms with E-state index >= 15 is 0 Å². The predicted octanol–water partition coefficient (Wildman–Crippen LogP) is 3.01. The lowest BCUT2D eigenvalue weighted by Crippen LogP contribution is -2.26. The smallest absolute Gasteiger partial charge is 0.247 e. The van der Waals surface area contributed by atoms with Crippen LogP contribution in [0, 0.1) is 0 Å². The Labute approximate surface area is 136 Å². The number of nitrogens with zero attached hydrogens (tertiary/aromatic N) is 1. The van der Waals surface area contributed by atoms with Crippen LogP contribution in [0.2, 0.25) is 5.02 Å². The molecule has 0 bridgehead atoms. The van der Waals surface area contributed by atoms with Crippen LogP contribution in [0.3, 0.4) is 0 Å². The van der Waals surface area contributed by atoms with Gasteiger partial charge in [-0.1, -0.05) is 29.8 Å². The number of hydrogen-bond donors (Lipinski definition) is 1. The quantitative estimate of drug-likeness (QED) is 0.846. The molecule has 0 radical (unpaired) electrons. The molecule has 0 saturated carbocycles. The number of sulfonamides is 1. The average Bonchev–Trinajstić information content (AvgIpc) is 2.83. The molecule has 0 aliphatic carbocycles. The molecule has 1 aromatic carbocycles. The molecular formula is C13H13BrClNO4S. The maximum Gasteiger partial charge on any atom is 0.247 e. The van der Waals surface area contributed by atoms with Crippen molar-refractivity contribution in [3.05, 3.63) is 51.3 Å². The molecule has 2 aromatic rings. The van der Waals surface area contributed by atoms with Crippen molar-refractivity contribution in [1.82, 2.24) is 4.31 Å². The third kappa shape index (κ3) is 3.49. The Hall–Kier alpha value is -0.860. The van der Waals surface area contributed by atoms with Crippen LogP contribution in [0.5, 0.6) is 0 Å². The van der Waals surface area contributed by atoms with E-state index in [9.17, 15) is 8.42 Å². The number of rotatable bonds is 5. The zero-order valence-corrected chi connectivity index (χ0v) is 14.2. The third-order valence-electron chi connectivity index (χ3n) is 2.90. The minimum atomic E-state index is -3.75. The highest BCUT2D eigenvalue weighted by Crippen LogP contribution is 2.29. The van der Waals surface area contributed by atoms with Crippen LogP contribution < -0.4 is 0 Å². The van der Waals surface area contributed by atoms with Crippen LogP contribution in [-0.2, 0) is 23.2 Å². The SMILES string of the molecule is CN(Cc1ccccc1Cl)S(=O)(=O)c1cc(CO)oc1Br. The molecule has 5 nitrogen and oxygen atoms in total. The van der Waals surface area contributed by atoms with Crippen LogP contribution in [0.25, 0.3) is 0 Å². The molecule has 0 amide bonds. The Bertz CT molecular complexity index is 744. The van der Waals surface area contributed by atoms with Gasteiger partial charge in [-0.25, -0.2) is 8.42 Å². The molecule has 1 N–H and O–H groups in total. The zero-order chi connectivity index (χ0) is 15.6. The van der Waals surface area contributed by atoms with E-state index in [2.05, 4.69) is 15.9 Å². The fourth-order valence-electron chi connectivity index (χ4n) is 1.77. The van der Waals surface area contributed by atoms with Crippen molar-refractivity contribution in [1.29, 1.82) is 0 Å². The number of benzene rings is 1. The van der Waals surface area contributed by atoms with Gasteiger partial charge in [-0.15, -0.1) is 0 Å². The molecule has 2 rings (SSSR count). The number of aliphatic hydroxyl groups is 1. The second-order valence-corrected chi connectivity index (χ2v) is 7.50. The molecule has 1 heterocycles. The van der Waals surface area contributed by atoms with Crippen molar-refractivity contribution >= 4 is 37.6 Å². The van der Waals surface area contributed by atoms with Crippen LogP contribution >= 0.6 is 27.5 Å². The summed E-state index contributed by atoms with van der Waals surface area (Å²) in [6, 6.07) is 8.33. The predicted molar refractivity (Wildman–Crippen MR) is 82.4 cm³/mol. The van der Waals surface area contributed by atoms with E-state index in [1.165, 1.54) is 17.4 Å². The van der Waals surface area contributed by atoms with E-state index in [4.69, 9.17) is 21.1 Å². The summed E-state index contributed by atoms with van der Waals surface area (Å²) in [4.78, 5) is -0.0268. The Morgan fingerprint density at radius 1 is 1.38 bits per heavy atom. The van der Waals surface area contributed by atoms with Gasteiger partial charge in [0.25, 0.3) is 0 Å². The van der Waals surface area contributed by atoms with Gasteiger partial charge in [0.2, 0.25) is 10.0 Å². The molecule has 114 valence electrons. The normalized spacial score (nSPS) is 12.0. The molecule has 0 aliphatic heterocycles. The van der Waals surface area contributed by atoms with Gasteiger partial charge in [-0.2, -0.15) is 4.31 Å². The summed E-state index contributed by atoms with van der Waals surface area (Å²) < 4.78 is 31.4. The summed E-state index contributed by atoms with van der Waals surface area (Å²) in [6.45, 7) is -0.240. The standard InChI is InChI=1S/C13H13BrClNO4S/c1-16(7-9-4-2-3-5-11(9)15)21(18,19)12-6-10(8-17)20-13(12)14/h2-6,17H,7-8H2,1H3. The van der Waals surface area contributed by atoms with Crippen LogP contribution in [-0.4, -0.2) is 24.9 Å². The fourth-order valence-corrected chi connectivity index (χ4v) is 4.07. The molecule has 1 aromatic heterocycles. The molecule has 0 fully saturated rings. The van der Waals surface area contributed by atoms with E-state index in [0.717, 1.165) is 0 Å². The first-order valence-corrected chi connectivity index (χ1v) is 8.56. The molecule has 0 saturated heterocycles. The van der Waals surface area contributed by atoms with E-state index in [1.807, 2.05) is 0 Å². The first kappa shape index (κ1) is 16.5. The molecule has 0 spiro atoms. The molecule has 8 heteroatoms. The van der Waals surface area contributed by atoms with Crippen molar-refractivity contribution in [2.75, 3.05) is 7.05 Å². The van der Waals surface area contributed by atoms with Crippen molar-refractivity contribution in [2.24, 2.45) is 0 Å². The Kier molecular flexibility index (Phi) is 5.11. The third-order valence-corrected chi connectivity index (χ3v) is 5.93. The number of furan rings is 1. The Balaban J connectivity index is 2.30. The number of hydrogen-bond acceptors (Lipinski definition) is 4. The van der Waals surface area contributed by atoms with Crippen LogP contribution in [0.4, 0.5) is 0 Å². The molecule has 0 unspecified atom stereocenters. The Morgan fingerprint density at radius 2 is 2.05 bits per heavy atom. The van der Waals surface area contributed by atoms with Crippen molar-refractivity contribution in [3.63, 3.8) is 0 Å². The second-order valence-electron chi connectivity index (χ2n) is 4.36. The summed E-state index contributed by atoms with van der Waals surface area (Å²) in [5, 5.41) is 9.51. The van der Waals surface area contributed by atoms with Gasteiger partial charge >= 0.3 is 0 Å². The summed E-state index contributed by atoms with van der Waals surface area (Å²) >= 11 is 9.09. The van der Waals surface area contributed by atoms with Gasteiger partial charge in [-0.05, 0) is 27.6 Å². The van der Waals surface area contributed by atoms with Gasteiger partial charge in [0.05, 0.1) is 0 Å². The average molecular weight is 395 g/mol. The van der Waals surface area contributed by atoms with Gasteiger partial charge in [-0.3, -0.25) is 0 Å². The molecule has 0 aliphatic rings. The maximum absolute atomic E-state index is 12.5. The lowest BCUT2D eigenvalue weighted by Gasteiger charge is -2.17. The maximum atomic E-state index is 12.5. The zero-order valence-electron chi connectivity index (χ0n) is 11.1. The summed E-state index contributed by atoms with van der Waals surface area (Å²) in [7, 11) is -2.30. The first-order chi connectivity index (χ1) is 9.86. The lowest BCUT2D eigenvalue weighted by molar-refractivity contribution is 0.245. The topological polar surface area (TPSA) is 70.8 Å². The fraction of sp³-hybridized carbons (Fsp3) is 0.231. The summed E-state index contributed by atoms with van der Waals surface area (Å²) in [6.07, 6.45) is 0.